The fraction of sp³-hybridized carbons (Fsp3) is 0.280. The van der Waals surface area contributed by atoms with Gasteiger partial charge in [0.1, 0.15) is 0 Å². The Morgan fingerprint density at radius 1 is 0.315 bits per heavy atom. The van der Waals surface area contributed by atoms with Crippen LogP contribution in [0.15, 0.2) is 182 Å². The fourth-order valence-electron chi connectivity index (χ4n) is 8.51. The van der Waals surface area contributed by atoms with Crippen LogP contribution in [0, 0.1) is 11.8 Å². The van der Waals surface area contributed by atoms with E-state index >= 15 is 0 Å². The number of ether oxygens (including phenoxy) is 4. The SMILES string of the molecule is CC1(C)OCC(C(c2ccccc2)(c2ccccc2)c2ccccc2)CO1.CC1(C)OCC(C(c2ccccc2)(c2ccccc2)c2ccccc2)CO1. The molecule has 0 unspecified atom stereocenters. The van der Waals surface area contributed by atoms with Crippen molar-refractivity contribution < 1.29 is 18.9 Å². The van der Waals surface area contributed by atoms with E-state index in [9.17, 15) is 0 Å². The molecular formula is C50H52O4. The summed E-state index contributed by atoms with van der Waals surface area (Å²) >= 11 is 0. The van der Waals surface area contributed by atoms with Gasteiger partial charge in [0.05, 0.1) is 37.3 Å². The average molecular weight is 717 g/mol. The first kappa shape index (κ1) is 37.5. The van der Waals surface area contributed by atoms with E-state index in [4.69, 9.17) is 18.9 Å². The van der Waals surface area contributed by atoms with Gasteiger partial charge in [-0.25, -0.2) is 0 Å². The monoisotopic (exact) mass is 716 g/mol. The molecule has 2 heterocycles. The predicted octanol–water partition coefficient (Wildman–Crippen LogP) is 10.8. The van der Waals surface area contributed by atoms with Crippen LogP contribution in [-0.4, -0.2) is 38.0 Å². The maximum atomic E-state index is 6.13. The van der Waals surface area contributed by atoms with Gasteiger partial charge in [-0.15, -0.1) is 0 Å². The van der Waals surface area contributed by atoms with Crippen LogP contribution in [0.25, 0.3) is 0 Å². The lowest BCUT2D eigenvalue weighted by atomic mass is 9.62. The first-order chi connectivity index (χ1) is 26.3. The van der Waals surface area contributed by atoms with Crippen LogP contribution in [0.2, 0.25) is 0 Å². The second kappa shape index (κ2) is 16.3. The van der Waals surface area contributed by atoms with Crippen molar-refractivity contribution in [2.24, 2.45) is 11.8 Å². The van der Waals surface area contributed by atoms with Crippen LogP contribution >= 0.6 is 0 Å². The Labute approximate surface area is 321 Å². The number of hydrogen-bond acceptors (Lipinski definition) is 4. The molecule has 54 heavy (non-hydrogen) atoms. The van der Waals surface area contributed by atoms with Crippen molar-refractivity contribution in [3.63, 3.8) is 0 Å². The minimum absolute atomic E-state index is 0.165. The van der Waals surface area contributed by atoms with Crippen LogP contribution in [0.5, 0.6) is 0 Å². The first-order valence-electron chi connectivity index (χ1n) is 19.1. The van der Waals surface area contributed by atoms with Crippen molar-refractivity contribution >= 4 is 0 Å². The van der Waals surface area contributed by atoms with Gasteiger partial charge in [0, 0.05) is 11.8 Å². The summed E-state index contributed by atoms with van der Waals surface area (Å²) < 4.78 is 24.5. The predicted molar refractivity (Wildman–Crippen MR) is 217 cm³/mol. The molecule has 8 rings (SSSR count). The normalized spacial score (nSPS) is 17.6. The Morgan fingerprint density at radius 3 is 0.648 bits per heavy atom. The highest BCUT2D eigenvalue weighted by Crippen LogP contribution is 2.49. The third-order valence-electron chi connectivity index (χ3n) is 11.1. The van der Waals surface area contributed by atoms with Gasteiger partial charge in [0.15, 0.2) is 11.6 Å². The largest absolute Gasteiger partial charge is 0.350 e. The zero-order valence-electron chi connectivity index (χ0n) is 31.9. The summed E-state index contributed by atoms with van der Waals surface area (Å²) in [5, 5.41) is 0. The standard InChI is InChI=1S/2C25H26O2/c2*1-24(2)26-18-23(19-27-24)25(20-12-6-3-7-13-20,21-14-8-4-9-15-21)22-16-10-5-11-17-22/h2*3-17,23H,18-19H2,1-2H3. The Balaban J connectivity index is 0.000000167. The highest BCUT2D eigenvalue weighted by Gasteiger charge is 2.48. The molecule has 6 aromatic carbocycles. The van der Waals surface area contributed by atoms with Crippen LogP contribution in [0.1, 0.15) is 61.1 Å². The van der Waals surface area contributed by atoms with Gasteiger partial charge >= 0.3 is 0 Å². The highest BCUT2D eigenvalue weighted by atomic mass is 16.7. The van der Waals surface area contributed by atoms with Crippen molar-refractivity contribution in [3.8, 4) is 0 Å². The molecule has 0 N–H and O–H groups in total. The van der Waals surface area contributed by atoms with E-state index in [-0.39, 0.29) is 22.7 Å². The van der Waals surface area contributed by atoms with Gasteiger partial charge < -0.3 is 18.9 Å². The molecule has 6 aromatic rings. The van der Waals surface area contributed by atoms with E-state index in [1.807, 2.05) is 27.7 Å². The van der Waals surface area contributed by atoms with Gasteiger partial charge in [-0.3, -0.25) is 0 Å². The van der Waals surface area contributed by atoms with Crippen molar-refractivity contribution in [1.29, 1.82) is 0 Å². The smallest absolute Gasteiger partial charge is 0.162 e. The quantitative estimate of drug-likeness (QED) is 0.147. The molecule has 4 heteroatoms. The lowest BCUT2D eigenvalue weighted by Gasteiger charge is -2.47. The molecule has 0 radical (unpaired) electrons. The van der Waals surface area contributed by atoms with Crippen molar-refractivity contribution in [2.75, 3.05) is 26.4 Å². The molecule has 2 fully saturated rings. The van der Waals surface area contributed by atoms with E-state index in [1.165, 1.54) is 33.4 Å². The molecule has 0 amide bonds. The van der Waals surface area contributed by atoms with Gasteiger partial charge in [0.25, 0.3) is 0 Å². The number of benzene rings is 6. The van der Waals surface area contributed by atoms with Crippen LogP contribution in [0.4, 0.5) is 0 Å². The highest BCUT2D eigenvalue weighted by molar-refractivity contribution is 5.53. The van der Waals surface area contributed by atoms with Crippen molar-refractivity contribution in [3.05, 3.63) is 215 Å². The Bertz CT molecular complexity index is 1650. The van der Waals surface area contributed by atoms with E-state index in [0.717, 1.165) is 0 Å². The van der Waals surface area contributed by atoms with Gasteiger partial charge in [-0.1, -0.05) is 182 Å². The molecule has 0 aliphatic carbocycles. The Hall–Kier alpha value is -4.84. The average Bonchev–Trinajstić information content (AvgIpc) is 3.22. The molecule has 0 bridgehead atoms. The van der Waals surface area contributed by atoms with Gasteiger partial charge in [-0.05, 0) is 61.1 Å². The maximum absolute atomic E-state index is 6.13. The molecule has 2 aliphatic rings. The minimum atomic E-state index is -0.535. The fourth-order valence-corrected chi connectivity index (χ4v) is 8.51. The van der Waals surface area contributed by atoms with Crippen molar-refractivity contribution in [1.82, 2.24) is 0 Å². The van der Waals surface area contributed by atoms with Crippen molar-refractivity contribution in [2.45, 2.75) is 50.1 Å². The minimum Gasteiger partial charge on any atom is -0.350 e. The molecule has 276 valence electrons. The summed E-state index contributed by atoms with van der Waals surface area (Å²) in [7, 11) is 0. The summed E-state index contributed by atoms with van der Waals surface area (Å²) in [6.45, 7) is 10.5. The Kier molecular flexibility index (Phi) is 11.3. The maximum Gasteiger partial charge on any atom is 0.162 e. The van der Waals surface area contributed by atoms with Crippen LogP contribution < -0.4 is 0 Å². The van der Waals surface area contributed by atoms with Gasteiger partial charge in [0.2, 0.25) is 0 Å². The molecule has 4 nitrogen and oxygen atoms in total. The van der Waals surface area contributed by atoms with Gasteiger partial charge in [-0.2, -0.15) is 0 Å². The summed E-state index contributed by atoms with van der Waals surface area (Å²) in [6, 6.07) is 64.5. The topological polar surface area (TPSA) is 36.9 Å². The summed E-state index contributed by atoms with van der Waals surface area (Å²) in [6.07, 6.45) is 0. The van der Waals surface area contributed by atoms with E-state index < -0.39 is 11.6 Å². The molecular weight excluding hydrogens is 665 g/mol. The van der Waals surface area contributed by atoms with E-state index in [0.29, 0.717) is 26.4 Å². The number of rotatable bonds is 8. The summed E-state index contributed by atoms with van der Waals surface area (Å²) in [5.74, 6) is -0.742. The number of hydrogen-bond donors (Lipinski definition) is 0. The third kappa shape index (κ3) is 7.58. The lowest BCUT2D eigenvalue weighted by Crippen LogP contribution is -2.49. The Morgan fingerprint density at radius 2 is 0.481 bits per heavy atom. The zero-order chi connectivity index (χ0) is 37.5. The molecule has 0 saturated carbocycles. The summed E-state index contributed by atoms with van der Waals surface area (Å²) in [4.78, 5) is 0. The molecule has 2 aliphatic heterocycles. The molecule has 0 aromatic heterocycles. The zero-order valence-corrected chi connectivity index (χ0v) is 31.9. The summed E-state index contributed by atoms with van der Waals surface area (Å²) in [5.41, 5.74) is 6.91. The van der Waals surface area contributed by atoms with E-state index in [1.54, 1.807) is 0 Å². The van der Waals surface area contributed by atoms with E-state index in [2.05, 4.69) is 182 Å². The first-order valence-corrected chi connectivity index (χ1v) is 19.1. The second-order valence-corrected chi connectivity index (χ2v) is 15.2. The lowest BCUT2D eigenvalue weighted by molar-refractivity contribution is -0.267. The molecule has 2 saturated heterocycles. The van der Waals surface area contributed by atoms with Crippen LogP contribution in [-0.2, 0) is 29.8 Å². The molecule has 0 spiro atoms. The second-order valence-electron chi connectivity index (χ2n) is 15.2. The van der Waals surface area contributed by atoms with Crippen LogP contribution in [0.3, 0.4) is 0 Å². The third-order valence-corrected chi connectivity index (χ3v) is 11.1. The molecule has 0 atom stereocenters.